The lowest BCUT2D eigenvalue weighted by molar-refractivity contribution is -0.134. The number of carbonyl (C=O) groups is 2. The first kappa shape index (κ1) is 16.7. The van der Waals surface area contributed by atoms with E-state index in [2.05, 4.69) is 5.32 Å². The molecule has 23 heavy (non-hydrogen) atoms. The van der Waals surface area contributed by atoms with E-state index in [-0.39, 0.29) is 0 Å². The second-order valence-electron chi connectivity index (χ2n) is 5.30. The lowest BCUT2D eigenvalue weighted by Gasteiger charge is -2.21. The van der Waals surface area contributed by atoms with Gasteiger partial charge in [-0.1, -0.05) is 43.3 Å². The number of amides is 2. The zero-order chi connectivity index (χ0) is 16.8. The van der Waals surface area contributed by atoms with Crippen molar-refractivity contribution in [2.24, 2.45) is 0 Å². The molecule has 0 aliphatic heterocycles. The summed E-state index contributed by atoms with van der Waals surface area (Å²) in [5, 5.41) is 2.78. The molecule has 0 saturated carbocycles. The summed E-state index contributed by atoms with van der Waals surface area (Å²) in [6.07, 6.45) is 0.793. The van der Waals surface area contributed by atoms with Crippen molar-refractivity contribution >= 4 is 23.2 Å². The summed E-state index contributed by atoms with van der Waals surface area (Å²) in [6.45, 7) is 6.23. The molecular weight excluding hydrogens is 288 g/mol. The third-order valence-corrected chi connectivity index (χ3v) is 3.80. The minimum atomic E-state index is -0.611. The first-order valence-corrected chi connectivity index (χ1v) is 7.84. The first-order valence-electron chi connectivity index (χ1n) is 7.84. The molecule has 0 radical (unpaired) electrons. The van der Waals surface area contributed by atoms with Gasteiger partial charge in [-0.2, -0.15) is 0 Å². The van der Waals surface area contributed by atoms with Gasteiger partial charge in [0.25, 0.3) is 0 Å². The van der Waals surface area contributed by atoms with Gasteiger partial charge in [-0.25, -0.2) is 0 Å². The molecule has 2 rings (SSSR count). The van der Waals surface area contributed by atoms with Crippen molar-refractivity contribution in [3.05, 3.63) is 59.7 Å². The highest BCUT2D eigenvalue weighted by molar-refractivity contribution is 6.44. The van der Waals surface area contributed by atoms with E-state index < -0.39 is 11.8 Å². The average molecular weight is 310 g/mol. The summed E-state index contributed by atoms with van der Waals surface area (Å²) in [4.78, 5) is 26.4. The smallest absolute Gasteiger partial charge is 0.316 e. The first-order chi connectivity index (χ1) is 11.1. The van der Waals surface area contributed by atoms with Gasteiger partial charge in [0.05, 0.1) is 0 Å². The fraction of sp³-hybridized carbons (Fsp3) is 0.263. The van der Waals surface area contributed by atoms with Crippen molar-refractivity contribution in [3.63, 3.8) is 0 Å². The van der Waals surface area contributed by atoms with Crippen LogP contribution in [0.25, 0.3) is 0 Å². The number of hydrogen-bond donors (Lipinski definition) is 1. The Morgan fingerprint density at radius 3 is 2.30 bits per heavy atom. The fourth-order valence-electron chi connectivity index (χ4n) is 2.54. The van der Waals surface area contributed by atoms with Gasteiger partial charge in [0.1, 0.15) is 0 Å². The van der Waals surface area contributed by atoms with Crippen molar-refractivity contribution in [2.45, 2.75) is 27.2 Å². The zero-order valence-corrected chi connectivity index (χ0v) is 13.8. The highest BCUT2D eigenvalue weighted by Gasteiger charge is 2.23. The largest absolute Gasteiger partial charge is 0.317 e. The van der Waals surface area contributed by atoms with Crippen molar-refractivity contribution < 1.29 is 9.59 Å². The quantitative estimate of drug-likeness (QED) is 0.878. The molecule has 0 atom stereocenters. The number of para-hydroxylation sites is 2. The second-order valence-corrected chi connectivity index (χ2v) is 5.30. The summed E-state index contributed by atoms with van der Waals surface area (Å²) >= 11 is 0. The van der Waals surface area contributed by atoms with Gasteiger partial charge in [0.2, 0.25) is 0 Å². The predicted molar refractivity (Wildman–Crippen MR) is 93.7 cm³/mol. The molecule has 0 aliphatic rings. The molecule has 0 saturated heterocycles. The summed E-state index contributed by atoms with van der Waals surface area (Å²) in [7, 11) is 0. The second kappa shape index (κ2) is 7.58. The molecule has 0 fully saturated rings. The van der Waals surface area contributed by atoms with Crippen molar-refractivity contribution in [2.75, 3.05) is 16.8 Å². The van der Waals surface area contributed by atoms with Gasteiger partial charge in [0.15, 0.2) is 0 Å². The van der Waals surface area contributed by atoms with Crippen LogP contribution in [0.2, 0.25) is 0 Å². The van der Waals surface area contributed by atoms with Crippen LogP contribution in [-0.4, -0.2) is 18.4 Å². The number of benzene rings is 2. The van der Waals surface area contributed by atoms with Crippen LogP contribution in [0.5, 0.6) is 0 Å². The molecule has 4 nitrogen and oxygen atoms in total. The number of rotatable bonds is 4. The third kappa shape index (κ3) is 3.77. The molecule has 0 heterocycles. The van der Waals surface area contributed by atoms with Crippen LogP contribution in [0.4, 0.5) is 11.4 Å². The van der Waals surface area contributed by atoms with Gasteiger partial charge in [-0.05, 0) is 43.5 Å². The van der Waals surface area contributed by atoms with E-state index in [1.165, 1.54) is 4.90 Å². The third-order valence-electron chi connectivity index (χ3n) is 3.80. The maximum Gasteiger partial charge on any atom is 0.316 e. The minimum absolute atomic E-state index is 0.435. The summed E-state index contributed by atoms with van der Waals surface area (Å²) in [5.41, 5.74) is 3.43. The molecule has 0 aliphatic carbocycles. The van der Waals surface area contributed by atoms with Gasteiger partial charge >= 0.3 is 11.8 Å². The Morgan fingerprint density at radius 1 is 1.00 bits per heavy atom. The molecule has 2 aromatic carbocycles. The Labute approximate surface area is 137 Å². The summed E-state index contributed by atoms with van der Waals surface area (Å²) in [5.74, 6) is -1.16. The molecule has 120 valence electrons. The zero-order valence-electron chi connectivity index (χ0n) is 13.8. The number of anilines is 2. The average Bonchev–Trinajstić information content (AvgIpc) is 2.58. The minimum Gasteiger partial charge on any atom is -0.317 e. The molecular formula is C19H22N2O2. The number of likely N-dealkylation sites (N-methyl/N-ethyl adjacent to an activating group) is 1. The van der Waals surface area contributed by atoms with E-state index in [9.17, 15) is 9.59 Å². The number of aryl methyl sites for hydroxylation is 2. The van der Waals surface area contributed by atoms with Gasteiger partial charge in [-0.3, -0.25) is 9.59 Å². The molecule has 4 heteroatoms. The van der Waals surface area contributed by atoms with E-state index in [1.807, 2.05) is 69.3 Å². The normalized spacial score (nSPS) is 10.2. The molecule has 0 unspecified atom stereocenters. The Balaban J connectivity index is 2.22. The maximum absolute atomic E-state index is 12.5. The lowest BCUT2D eigenvalue weighted by Crippen LogP contribution is -2.40. The fourth-order valence-corrected chi connectivity index (χ4v) is 2.54. The topological polar surface area (TPSA) is 49.4 Å². The van der Waals surface area contributed by atoms with E-state index >= 15 is 0 Å². The number of nitrogens with one attached hydrogen (secondary N) is 1. The van der Waals surface area contributed by atoms with Crippen LogP contribution in [0, 0.1) is 6.92 Å². The van der Waals surface area contributed by atoms with Crippen LogP contribution >= 0.6 is 0 Å². The van der Waals surface area contributed by atoms with Crippen LogP contribution in [0.3, 0.4) is 0 Å². The number of carbonyl (C=O) groups excluding carboxylic acids is 2. The highest BCUT2D eigenvalue weighted by atomic mass is 16.2. The summed E-state index contributed by atoms with van der Waals surface area (Å²) < 4.78 is 0. The highest BCUT2D eigenvalue weighted by Crippen LogP contribution is 2.21. The Morgan fingerprint density at radius 2 is 1.70 bits per heavy atom. The summed E-state index contributed by atoms with van der Waals surface area (Å²) in [6, 6.07) is 15.0. The van der Waals surface area contributed by atoms with Crippen LogP contribution in [-0.2, 0) is 16.0 Å². The Kier molecular flexibility index (Phi) is 5.52. The molecule has 0 spiro atoms. The maximum atomic E-state index is 12.5. The Bertz CT molecular complexity index is 696. The predicted octanol–water partition coefficient (Wildman–Crippen LogP) is 3.55. The van der Waals surface area contributed by atoms with Gasteiger partial charge < -0.3 is 10.2 Å². The molecule has 0 aromatic heterocycles. The Hall–Kier alpha value is -2.62. The van der Waals surface area contributed by atoms with Crippen LogP contribution in [0.15, 0.2) is 48.5 Å². The van der Waals surface area contributed by atoms with Crippen molar-refractivity contribution in [1.82, 2.24) is 0 Å². The molecule has 2 amide bonds. The number of nitrogens with zero attached hydrogens (tertiary/aromatic N) is 1. The van der Waals surface area contributed by atoms with E-state index in [0.717, 1.165) is 28.9 Å². The monoisotopic (exact) mass is 310 g/mol. The molecule has 2 aromatic rings. The van der Waals surface area contributed by atoms with E-state index in [4.69, 9.17) is 0 Å². The molecule has 0 bridgehead atoms. The van der Waals surface area contributed by atoms with Crippen molar-refractivity contribution in [1.29, 1.82) is 0 Å². The van der Waals surface area contributed by atoms with Crippen LogP contribution < -0.4 is 10.2 Å². The molecule has 1 N–H and O–H groups in total. The van der Waals surface area contributed by atoms with Gasteiger partial charge in [-0.15, -0.1) is 0 Å². The lowest BCUT2D eigenvalue weighted by atomic mass is 10.1. The van der Waals surface area contributed by atoms with Gasteiger partial charge in [0, 0.05) is 17.9 Å². The number of hydrogen-bond acceptors (Lipinski definition) is 2. The van der Waals surface area contributed by atoms with E-state index in [0.29, 0.717) is 6.54 Å². The van der Waals surface area contributed by atoms with Crippen LogP contribution in [0.1, 0.15) is 25.0 Å². The standard InChI is InChI=1S/C19H22N2O2/c1-4-15-11-9-10-14(3)17(15)20-18(22)19(23)21(5-2)16-12-7-6-8-13-16/h6-13H,4-5H2,1-3H3,(H,20,22). The SMILES string of the molecule is CCc1cccc(C)c1NC(=O)C(=O)N(CC)c1ccccc1. The van der Waals surface area contributed by atoms with Crippen molar-refractivity contribution in [3.8, 4) is 0 Å². The van der Waals surface area contributed by atoms with E-state index in [1.54, 1.807) is 0 Å².